The Hall–Kier alpha value is -0.140. The van der Waals surface area contributed by atoms with Gasteiger partial charge in [-0.1, -0.05) is 33.6 Å². The first-order valence-electron chi connectivity index (χ1n) is 10.2. The molecule has 0 nitrogen and oxygen atoms in total. The lowest BCUT2D eigenvalue weighted by molar-refractivity contribution is -0.0515. The molecule has 0 aromatic rings. The smallest absolute Gasteiger partial charge is 0.135 e. The van der Waals surface area contributed by atoms with Gasteiger partial charge in [0.05, 0.1) is 0 Å². The Morgan fingerprint density at radius 1 is 0.696 bits per heavy atom. The average molecular weight is 327 g/mol. The van der Waals surface area contributed by atoms with Crippen LogP contribution in [0.2, 0.25) is 0 Å². The van der Waals surface area contributed by atoms with Gasteiger partial charge < -0.3 is 0 Å². The third kappa shape index (κ3) is 3.61. The summed E-state index contributed by atoms with van der Waals surface area (Å²) < 4.78 is 28.8. The van der Waals surface area contributed by atoms with Gasteiger partial charge in [0.15, 0.2) is 0 Å². The summed E-state index contributed by atoms with van der Waals surface area (Å²) in [5, 5.41) is 0. The van der Waals surface area contributed by atoms with Crippen molar-refractivity contribution in [2.45, 2.75) is 97.3 Å². The van der Waals surface area contributed by atoms with Crippen molar-refractivity contribution in [3.63, 3.8) is 0 Å². The van der Waals surface area contributed by atoms with Crippen molar-refractivity contribution >= 4 is 0 Å². The van der Waals surface area contributed by atoms with E-state index in [9.17, 15) is 8.78 Å². The lowest BCUT2D eigenvalue weighted by Gasteiger charge is -2.49. The van der Waals surface area contributed by atoms with Gasteiger partial charge in [-0.25, -0.2) is 8.78 Å². The molecule has 0 aromatic heterocycles. The van der Waals surface area contributed by atoms with Crippen molar-refractivity contribution in [1.29, 1.82) is 0 Å². The molecule has 0 heterocycles. The molecule has 134 valence electrons. The maximum Gasteiger partial charge on any atom is 0.135 e. The van der Waals surface area contributed by atoms with E-state index in [4.69, 9.17) is 0 Å². The van der Waals surface area contributed by atoms with Crippen LogP contribution in [0.25, 0.3) is 0 Å². The quantitative estimate of drug-likeness (QED) is 0.527. The molecule has 0 bridgehead atoms. The van der Waals surface area contributed by atoms with Gasteiger partial charge in [-0.05, 0) is 86.4 Å². The van der Waals surface area contributed by atoms with E-state index in [1.165, 1.54) is 38.5 Å². The highest BCUT2D eigenvalue weighted by Crippen LogP contribution is 2.53. The van der Waals surface area contributed by atoms with Crippen molar-refractivity contribution in [3.05, 3.63) is 0 Å². The minimum absolute atomic E-state index is 0.0407. The first kappa shape index (κ1) is 17.7. The fraction of sp³-hybridized carbons (Fsp3) is 1.00. The molecule has 3 fully saturated rings. The molecule has 0 amide bonds. The molecule has 3 saturated carbocycles. The van der Waals surface area contributed by atoms with Crippen LogP contribution >= 0.6 is 0 Å². The van der Waals surface area contributed by atoms with Crippen LogP contribution in [0.15, 0.2) is 0 Å². The second-order valence-electron chi connectivity index (χ2n) is 9.56. The number of alkyl halides is 2. The van der Waals surface area contributed by atoms with Crippen LogP contribution in [-0.4, -0.2) is 12.3 Å². The molecule has 4 atom stereocenters. The van der Waals surface area contributed by atoms with Crippen LogP contribution in [-0.2, 0) is 0 Å². The zero-order valence-electron chi connectivity index (χ0n) is 15.4. The maximum absolute atomic E-state index is 14.6. The van der Waals surface area contributed by atoms with Gasteiger partial charge in [-0.15, -0.1) is 0 Å². The average Bonchev–Trinajstić information content (AvgIpc) is 2.54. The van der Waals surface area contributed by atoms with E-state index >= 15 is 0 Å². The van der Waals surface area contributed by atoms with Crippen molar-refractivity contribution in [3.8, 4) is 0 Å². The van der Waals surface area contributed by atoms with Crippen molar-refractivity contribution in [1.82, 2.24) is 0 Å². The molecule has 0 aromatic carbocycles. The summed E-state index contributed by atoms with van der Waals surface area (Å²) >= 11 is 0. The molecular weight excluding hydrogens is 290 g/mol. The van der Waals surface area contributed by atoms with Crippen LogP contribution < -0.4 is 0 Å². The Balaban J connectivity index is 1.57. The molecule has 23 heavy (non-hydrogen) atoms. The SMILES string of the molecule is CC1CCC(C2CCC(C)(C3CCC(C)C(F)C3F)CC2)CC1. The molecule has 0 spiro atoms. The second-order valence-corrected chi connectivity index (χ2v) is 9.56. The Bertz CT molecular complexity index is 377. The standard InChI is InChI=1S/C21H36F2/c1-14-4-7-16(8-5-14)17-10-12-21(3,13-11-17)18-9-6-15(2)19(22)20(18)23/h14-20H,4-13H2,1-3H3. The van der Waals surface area contributed by atoms with E-state index in [0.717, 1.165) is 43.4 Å². The summed E-state index contributed by atoms with van der Waals surface area (Å²) in [6.07, 6.45) is 9.66. The highest BCUT2D eigenvalue weighted by atomic mass is 19.2. The zero-order chi connectivity index (χ0) is 16.6. The molecule has 2 heteroatoms. The number of hydrogen-bond donors (Lipinski definition) is 0. The molecule has 3 aliphatic rings. The number of hydrogen-bond acceptors (Lipinski definition) is 0. The van der Waals surface area contributed by atoms with E-state index in [1.54, 1.807) is 0 Å². The van der Waals surface area contributed by atoms with E-state index in [-0.39, 0.29) is 17.3 Å². The monoisotopic (exact) mass is 326 g/mol. The molecule has 0 radical (unpaired) electrons. The molecule has 4 unspecified atom stereocenters. The van der Waals surface area contributed by atoms with Crippen molar-refractivity contribution in [2.24, 2.45) is 35.0 Å². The van der Waals surface area contributed by atoms with E-state index in [2.05, 4.69) is 13.8 Å². The van der Waals surface area contributed by atoms with Crippen molar-refractivity contribution < 1.29 is 8.78 Å². The van der Waals surface area contributed by atoms with Crippen LogP contribution in [0.5, 0.6) is 0 Å². The van der Waals surface area contributed by atoms with Crippen LogP contribution in [0.3, 0.4) is 0 Å². The largest absolute Gasteiger partial charge is 0.244 e. The molecule has 0 saturated heterocycles. The second kappa shape index (κ2) is 7.00. The third-order valence-electron chi connectivity index (χ3n) is 7.96. The summed E-state index contributed by atoms with van der Waals surface area (Å²) in [6.45, 7) is 6.51. The van der Waals surface area contributed by atoms with Crippen LogP contribution in [0.4, 0.5) is 8.78 Å². The molecule has 0 N–H and O–H groups in total. The fourth-order valence-corrected chi connectivity index (χ4v) is 5.93. The van der Waals surface area contributed by atoms with Crippen LogP contribution in [0, 0.1) is 35.0 Å². The Labute approximate surface area is 141 Å². The topological polar surface area (TPSA) is 0 Å². The van der Waals surface area contributed by atoms with Crippen LogP contribution in [0.1, 0.15) is 85.0 Å². The molecule has 0 aliphatic heterocycles. The minimum atomic E-state index is -1.23. The van der Waals surface area contributed by atoms with Gasteiger partial charge >= 0.3 is 0 Å². The highest BCUT2D eigenvalue weighted by molar-refractivity contribution is 4.97. The van der Waals surface area contributed by atoms with E-state index in [1.807, 2.05) is 6.92 Å². The zero-order valence-corrected chi connectivity index (χ0v) is 15.4. The predicted octanol–water partition coefficient (Wildman–Crippen LogP) is 6.73. The summed E-state index contributed by atoms with van der Waals surface area (Å²) in [5.74, 6) is 2.55. The molecular formula is C21H36F2. The van der Waals surface area contributed by atoms with Gasteiger partial charge in [0.25, 0.3) is 0 Å². The lowest BCUT2D eigenvalue weighted by Crippen LogP contribution is -2.46. The minimum Gasteiger partial charge on any atom is -0.244 e. The van der Waals surface area contributed by atoms with E-state index < -0.39 is 12.3 Å². The summed E-state index contributed by atoms with van der Waals surface area (Å²) in [6, 6.07) is 0. The summed E-state index contributed by atoms with van der Waals surface area (Å²) in [5.41, 5.74) is 0.0440. The Morgan fingerprint density at radius 2 is 1.26 bits per heavy atom. The molecule has 3 aliphatic carbocycles. The Morgan fingerprint density at radius 3 is 1.87 bits per heavy atom. The number of halogens is 2. The summed E-state index contributed by atoms with van der Waals surface area (Å²) in [4.78, 5) is 0. The Kier molecular flexibility index (Phi) is 5.38. The van der Waals surface area contributed by atoms with Gasteiger partial charge in [-0.3, -0.25) is 0 Å². The predicted molar refractivity (Wildman–Crippen MR) is 92.9 cm³/mol. The summed E-state index contributed by atoms with van der Waals surface area (Å²) in [7, 11) is 0. The van der Waals surface area contributed by atoms with Gasteiger partial charge in [0.1, 0.15) is 12.3 Å². The van der Waals surface area contributed by atoms with E-state index in [0.29, 0.717) is 0 Å². The lowest BCUT2D eigenvalue weighted by atomic mass is 9.57. The maximum atomic E-state index is 14.6. The first-order valence-corrected chi connectivity index (χ1v) is 10.2. The highest BCUT2D eigenvalue weighted by Gasteiger charge is 2.48. The van der Waals surface area contributed by atoms with Gasteiger partial charge in [0.2, 0.25) is 0 Å². The fourth-order valence-electron chi connectivity index (χ4n) is 5.93. The van der Waals surface area contributed by atoms with Gasteiger partial charge in [0, 0.05) is 0 Å². The molecule has 3 rings (SSSR count). The van der Waals surface area contributed by atoms with Gasteiger partial charge in [-0.2, -0.15) is 0 Å². The third-order valence-corrected chi connectivity index (χ3v) is 7.96. The van der Waals surface area contributed by atoms with Crippen molar-refractivity contribution in [2.75, 3.05) is 0 Å². The number of rotatable bonds is 2. The normalized spacial score (nSPS) is 52.3. The first-order chi connectivity index (χ1) is 10.9.